The molecule has 2 bridgehead atoms. The molecule has 21 heavy (non-hydrogen) atoms. The van der Waals surface area contributed by atoms with E-state index in [4.69, 9.17) is 4.42 Å². The first-order valence-electron chi connectivity index (χ1n) is 6.50. The maximum atomic E-state index is 12.9. The molecule has 1 N–H and O–H groups in total. The van der Waals surface area contributed by atoms with E-state index >= 15 is 0 Å². The summed E-state index contributed by atoms with van der Waals surface area (Å²) in [7, 11) is 0. The fraction of sp³-hybridized carbons (Fsp3) is 0.462. The lowest BCUT2D eigenvalue weighted by Gasteiger charge is -2.70. The number of pyridine rings is 1. The van der Waals surface area contributed by atoms with Gasteiger partial charge >= 0.3 is 6.18 Å². The second kappa shape index (κ2) is 3.75. The summed E-state index contributed by atoms with van der Waals surface area (Å²) >= 11 is 0. The lowest BCUT2D eigenvalue weighted by atomic mass is 9.39. The molecule has 0 radical (unpaired) electrons. The maximum Gasteiger partial charge on any atom is 0.394 e. The van der Waals surface area contributed by atoms with Gasteiger partial charge in [-0.1, -0.05) is 0 Å². The van der Waals surface area contributed by atoms with Crippen LogP contribution < -0.4 is 5.32 Å². The van der Waals surface area contributed by atoms with Crippen LogP contribution in [0.4, 0.5) is 18.9 Å². The molecule has 3 saturated carbocycles. The summed E-state index contributed by atoms with van der Waals surface area (Å²) in [6, 6.07) is 3.47. The molecule has 0 aromatic carbocycles. The van der Waals surface area contributed by atoms with Crippen molar-refractivity contribution < 1.29 is 17.6 Å². The molecule has 2 aromatic heterocycles. The van der Waals surface area contributed by atoms with E-state index in [2.05, 4.69) is 20.5 Å². The maximum absolute atomic E-state index is 12.9. The Balaban J connectivity index is 1.56. The predicted molar refractivity (Wildman–Crippen MR) is 66.2 cm³/mol. The van der Waals surface area contributed by atoms with Gasteiger partial charge in [-0.2, -0.15) is 13.2 Å². The third kappa shape index (κ3) is 1.68. The summed E-state index contributed by atoms with van der Waals surface area (Å²) in [6.07, 6.45) is -1.01. The van der Waals surface area contributed by atoms with Gasteiger partial charge in [0.2, 0.25) is 6.39 Å². The smallest absolute Gasteiger partial charge is 0.394 e. The Bertz CT molecular complexity index is 663. The number of hydrogen-bond acceptors (Lipinski definition) is 5. The molecular formula is C13H11F3N4O. The van der Waals surface area contributed by atoms with Gasteiger partial charge in [0.25, 0.3) is 5.89 Å². The van der Waals surface area contributed by atoms with Gasteiger partial charge < -0.3 is 9.73 Å². The molecule has 3 aliphatic rings. The summed E-state index contributed by atoms with van der Waals surface area (Å²) in [6.45, 7) is 0. The van der Waals surface area contributed by atoms with Crippen molar-refractivity contribution in [3.8, 4) is 11.6 Å². The molecular weight excluding hydrogens is 285 g/mol. The quantitative estimate of drug-likeness (QED) is 0.943. The number of nitrogens with zero attached hydrogens (tertiary/aromatic N) is 3. The van der Waals surface area contributed by atoms with E-state index in [0.29, 0.717) is 11.4 Å². The molecule has 0 amide bonds. The van der Waals surface area contributed by atoms with Crippen molar-refractivity contribution in [3.63, 3.8) is 0 Å². The van der Waals surface area contributed by atoms with Crippen molar-refractivity contribution in [2.24, 2.45) is 5.41 Å². The lowest BCUT2D eigenvalue weighted by molar-refractivity contribution is -0.326. The van der Waals surface area contributed by atoms with Gasteiger partial charge in [0, 0.05) is 11.7 Å². The van der Waals surface area contributed by atoms with Crippen molar-refractivity contribution in [3.05, 3.63) is 24.7 Å². The van der Waals surface area contributed by atoms with Crippen LogP contribution in [0.1, 0.15) is 19.3 Å². The fourth-order valence-corrected chi connectivity index (χ4v) is 3.46. The molecule has 8 heteroatoms. The van der Waals surface area contributed by atoms with E-state index < -0.39 is 17.1 Å². The molecule has 0 atom stereocenters. The van der Waals surface area contributed by atoms with Crippen LogP contribution in [0.2, 0.25) is 0 Å². The molecule has 0 saturated heterocycles. The molecule has 0 aliphatic heterocycles. The van der Waals surface area contributed by atoms with Crippen molar-refractivity contribution >= 4 is 5.69 Å². The first-order valence-corrected chi connectivity index (χ1v) is 6.50. The number of halogens is 3. The molecule has 3 fully saturated rings. The molecule has 2 heterocycles. The van der Waals surface area contributed by atoms with Crippen LogP contribution in [0.15, 0.2) is 29.1 Å². The molecule has 5 rings (SSSR count). The van der Waals surface area contributed by atoms with Crippen LogP contribution >= 0.6 is 0 Å². The zero-order valence-corrected chi connectivity index (χ0v) is 10.8. The normalized spacial score (nSPS) is 30.4. The van der Waals surface area contributed by atoms with Crippen molar-refractivity contribution in [2.75, 3.05) is 5.32 Å². The Labute approximate surface area is 117 Å². The summed E-state index contributed by atoms with van der Waals surface area (Å²) in [5, 5.41) is 10.6. The first kappa shape index (κ1) is 12.6. The van der Waals surface area contributed by atoms with E-state index in [1.807, 2.05) is 0 Å². The van der Waals surface area contributed by atoms with Crippen molar-refractivity contribution in [2.45, 2.75) is 31.0 Å². The summed E-state index contributed by atoms with van der Waals surface area (Å²) in [5.74, 6) is 0.246. The van der Waals surface area contributed by atoms with E-state index in [-0.39, 0.29) is 25.2 Å². The van der Waals surface area contributed by atoms with Gasteiger partial charge in [-0.05, 0) is 31.4 Å². The van der Waals surface area contributed by atoms with E-state index in [1.54, 1.807) is 18.3 Å². The Morgan fingerprint density at radius 3 is 2.62 bits per heavy atom. The number of alkyl halides is 3. The average molecular weight is 296 g/mol. The number of hydrogen-bond donors (Lipinski definition) is 1. The van der Waals surface area contributed by atoms with Gasteiger partial charge in [0.15, 0.2) is 5.69 Å². The van der Waals surface area contributed by atoms with E-state index in [9.17, 15) is 13.2 Å². The molecule has 0 spiro atoms. The molecule has 3 aliphatic carbocycles. The Morgan fingerprint density at radius 1 is 1.24 bits per heavy atom. The second-order valence-corrected chi connectivity index (χ2v) is 5.86. The van der Waals surface area contributed by atoms with Gasteiger partial charge in [0.05, 0.1) is 11.1 Å². The van der Waals surface area contributed by atoms with Crippen LogP contribution in [-0.2, 0) is 0 Å². The Hall–Kier alpha value is -2.12. The molecule has 5 nitrogen and oxygen atoms in total. The monoisotopic (exact) mass is 296 g/mol. The van der Waals surface area contributed by atoms with Crippen LogP contribution in [0.25, 0.3) is 11.6 Å². The molecule has 0 unspecified atom stereocenters. The zero-order chi connectivity index (χ0) is 14.7. The standard InChI is InChI=1S/C13H11F3N4O/c14-13(15,16)11-4-12(5-11,6-11)19-8-2-1-3-17-9(8)10-20-18-7-21-10/h1-3,7,19H,4-6H2. The summed E-state index contributed by atoms with van der Waals surface area (Å²) < 4.78 is 43.7. The predicted octanol–water partition coefficient (Wildman–Crippen LogP) is 3.03. The zero-order valence-electron chi connectivity index (χ0n) is 10.8. The number of nitrogens with one attached hydrogen (secondary N) is 1. The van der Waals surface area contributed by atoms with E-state index in [0.717, 1.165) is 0 Å². The highest BCUT2D eigenvalue weighted by molar-refractivity contribution is 5.69. The minimum absolute atomic E-state index is 0.113. The largest absolute Gasteiger partial charge is 0.422 e. The van der Waals surface area contributed by atoms with Crippen LogP contribution in [0.3, 0.4) is 0 Å². The van der Waals surface area contributed by atoms with Crippen LogP contribution in [-0.4, -0.2) is 26.9 Å². The highest BCUT2D eigenvalue weighted by Crippen LogP contribution is 2.74. The Kier molecular flexibility index (Phi) is 2.25. The highest BCUT2D eigenvalue weighted by Gasteiger charge is 2.78. The van der Waals surface area contributed by atoms with Gasteiger partial charge in [0.1, 0.15) is 0 Å². The lowest BCUT2D eigenvalue weighted by Crippen LogP contribution is -2.75. The van der Waals surface area contributed by atoms with Gasteiger partial charge in [-0.15, -0.1) is 10.2 Å². The minimum Gasteiger partial charge on any atom is -0.422 e. The van der Waals surface area contributed by atoms with Crippen LogP contribution in [0.5, 0.6) is 0 Å². The fourth-order valence-electron chi connectivity index (χ4n) is 3.46. The minimum atomic E-state index is -4.11. The van der Waals surface area contributed by atoms with Crippen molar-refractivity contribution in [1.29, 1.82) is 0 Å². The molecule has 110 valence electrons. The number of rotatable bonds is 3. The summed E-state index contributed by atoms with van der Waals surface area (Å²) in [5.41, 5.74) is -0.877. The topological polar surface area (TPSA) is 63.8 Å². The third-order valence-electron chi connectivity index (χ3n) is 4.40. The summed E-state index contributed by atoms with van der Waals surface area (Å²) in [4.78, 5) is 4.17. The van der Waals surface area contributed by atoms with Gasteiger partial charge in [-0.25, -0.2) is 4.98 Å². The van der Waals surface area contributed by atoms with Crippen LogP contribution in [0, 0.1) is 5.41 Å². The van der Waals surface area contributed by atoms with Crippen molar-refractivity contribution in [1.82, 2.24) is 15.2 Å². The second-order valence-electron chi connectivity index (χ2n) is 5.86. The SMILES string of the molecule is FC(F)(F)C12CC(Nc3cccnc3-c3nnco3)(C1)C2. The van der Waals surface area contributed by atoms with E-state index in [1.165, 1.54) is 6.39 Å². The molecule has 2 aromatic rings. The number of aromatic nitrogens is 3. The first-order chi connectivity index (χ1) is 9.93. The highest BCUT2D eigenvalue weighted by atomic mass is 19.4. The van der Waals surface area contributed by atoms with Gasteiger partial charge in [-0.3, -0.25) is 0 Å². The average Bonchev–Trinajstić information content (AvgIpc) is 2.84. The Morgan fingerprint density at radius 2 is 2.00 bits per heavy atom. The third-order valence-corrected chi connectivity index (χ3v) is 4.40. The number of anilines is 1.